The molecule has 5 nitrogen and oxygen atoms in total. The molecule has 0 aromatic heterocycles. The molecule has 0 saturated carbocycles. The maximum atomic E-state index is 12.7. The number of hydrogen-bond acceptors (Lipinski definition) is 3. The predicted octanol–water partition coefficient (Wildman–Crippen LogP) is 4.24. The van der Waals surface area contributed by atoms with Crippen LogP contribution in [0.1, 0.15) is 46.8 Å². The molecule has 1 saturated heterocycles. The smallest absolute Gasteiger partial charge is 0.257 e. The van der Waals surface area contributed by atoms with Crippen LogP contribution in [-0.4, -0.2) is 31.1 Å². The number of carbonyl (C=O) groups excluding carboxylic acids is 1. The van der Waals surface area contributed by atoms with Crippen LogP contribution >= 0.6 is 0 Å². The van der Waals surface area contributed by atoms with Gasteiger partial charge in [-0.15, -0.1) is 0 Å². The Hall–Kier alpha value is -2.66. The quantitative estimate of drug-likeness (QED) is 0.603. The van der Waals surface area contributed by atoms with Crippen molar-refractivity contribution >= 4 is 17.6 Å². The average molecular weight is 380 g/mol. The minimum atomic E-state index is -0.174. The van der Waals surface area contributed by atoms with Crippen LogP contribution in [0.2, 0.25) is 0 Å². The molecule has 2 N–H and O–H groups in total. The average Bonchev–Trinajstić information content (AvgIpc) is 3.22. The Kier molecular flexibility index (Phi) is 6.82. The summed E-state index contributed by atoms with van der Waals surface area (Å²) in [6.45, 7) is 7.49. The Morgan fingerprint density at radius 1 is 1.18 bits per heavy atom. The van der Waals surface area contributed by atoms with Gasteiger partial charge in [0.05, 0.1) is 12.6 Å². The number of nitrogens with zero attached hydrogens (tertiary/aromatic N) is 1. The first-order valence-electron chi connectivity index (χ1n) is 9.95. The summed E-state index contributed by atoms with van der Waals surface area (Å²) >= 11 is 0. The summed E-state index contributed by atoms with van der Waals surface area (Å²) in [4.78, 5) is 17.3. The van der Waals surface area contributed by atoms with Gasteiger partial charge in [-0.25, -0.2) is 4.99 Å². The molecule has 3 rings (SSSR count). The van der Waals surface area contributed by atoms with Crippen molar-refractivity contribution in [1.29, 1.82) is 0 Å². The van der Waals surface area contributed by atoms with Gasteiger partial charge in [0, 0.05) is 17.9 Å². The summed E-state index contributed by atoms with van der Waals surface area (Å²) in [5.74, 6) is 0.278. The summed E-state index contributed by atoms with van der Waals surface area (Å²) in [5.41, 5.74) is 5.00. The van der Waals surface area contributed by atoms with Crippen molar-refractivity contribution in [2.75, 3.05) is 18.5 Å². The van der Waals surface area contributed by atoms with E-state index in [4.69, 9.17) is 4.74 Å². The molecule has 0 spiro atoms. The molecule has 28 heavy (non-hydrogen) atoms. The van der Waals surface area contributed by atoms with Gasteiger partial charge in [0.25, 0.3) is 5.91 Å². The fourth-order valence-corrected chi connectivity index (χ4v) is 3.16. The molecule has 1 atom stereocenters. The molecule has 0 aliphatic carbocycles. The fraction of sp³-hybridized carbons (Fsp3) is 0.391. The second-order valence-corrected chi connectivity index (χ2v) is 7.27. The number of hydrogen-bond donors (Lipinski definition) is 2. The second kappa shape index (κ2) is 9.51. The topological polar surface area (TPSA) is 62.7 Å². The summed E-state index contributed by atoms with van der Waals surface area (Å²) in [6.07, 6.45) is 3.14. The van der Waals surface area contributed by atoms with Crippen LogP contribution in [0.4, 0.5) is 5.69 Å². The van der Waals surface area contributed by atoms with E-state index in [2.05, 4.69) is 40.7 Å². The van der Waals surface area contributed by atoms with Crippen LogP contribution in [0.25, 0.3) is 0 Å². The predicted molar refractivity (Wildman–Crippen MR) is 114 cm³/mol. The lowest BCUT2D eigenvalue weighted by Crippen LogP contribution is -2.37. The number of guanidine groups is 1. The van der Waals surface area contributed by atoms with E-state index in [-0.39, 0.29) is 12.0 Å². The van der Waals surface area contributed by atoms with E-state index in [1.165, 1.54) is 5.56 Å². The molecule has 1 aliphatic heterocycles. The van der Waals surface area contributed by atoms with Gasteiger partial charge >= 0.3 is 0 Å². The van der Waals surface area contributed by atoms with E-state index in [0.717, 1.165) is 42.7 Å². The third kappa shape index (κ3) is 5.42. The monoisotopic (exact) mass is 379 g/mol. The van der Waals surface area contributed by atoms with E-state index >= 15 is 0 Å². The van der Waals surface area contributed by atoms with Gasteiger partial charge in [-0.2, -0.15) is 0 Å². The van der Waals surface area contributed by atoms with Gasteiger partial charge in [-0.3, -0.25) is 10.1 Å². The Labute approximate surface area is 167 Å². The molecule has 0 bridgehead atoms. The van der Waals surface area contributed by atoms with Crippen molar-refractivity contribution < 1.29 is 9.53 Å². The fourth-order valence-electron chi connectivity index (χ4n) is 3.16. The number of carbonyl (C=O) groups is 1. The van der Waals surface area contributed by atoms with Crippen molar-refractivity contribution in [3.05, 3.63) is 64.7 Å². The molecular formula is C23H29N3O2. The van der Waals surface area contributed by atoms with Gasteiger partial charge in [-0.1, -0.05) is 31.2 Å². The summed E-state index contributed by atoms with van der Waals surface area (Å²) in [6, 6.07) is 13.8. The first-order valence-corrected chi connectivity index (χ1v) is 9.95. The first-order chi connectivity index (χ1) is 13.5. The van der Waals surface area contributed by atoms with E-state index in [9.17, 15) is 4.79 Å². The van der Waals surface area contributed by atoms with Gasteiger partial charge in [0.1, 0.15) is 0 Å². The minimum absolute atomic E-state index is 0.121. The van der Waals surface area contributed by atoms with Crippen LogP contribution < -0.4 is 10.6 Å². The Morgan fingerprint density at radius 2 is 1.96 bits per heavy atom. The third-order valence-corrected chi connectivity index (χ3v) is 4.98. The number of aryl methyl sites for hydroxylation is 3. The van der Waals surface area contributed by atoms with E-state index in [0.29, 0.717) is 18.1 Å². The van der Waals surface area contributed by atoms with Crippen LogP contribution in [0.15, 0.2) is 47.5 Å². The van der Waals surface area contributed by atoms with E-state index in [1.54, 1.807) is 0 Å². The van der Waals surface area contributed by atoms with Gasteiger partial charge < -0.3 is 10.1 Å². The van der Waals surface area contributed by atoms with Crippen molar-refractivity contribution in [2.24, 2.45) is 4.99 Å². The highest BCUT2D eigenvalue weighted by atomic mass is 16.5. The molecule has 148 valence electrons. The molecule has 2 aromatic carbocycles. The molecule has 5 heteroatoms. The number of aliphatic imine (C=N–C) groups is 1. The van der Waals surface area contributed by atoms with Crippen LogP contribution in [-0.2, 0) is 11.2 Å². The molecule has 1 heterocycles. The van der Waals surface area contributed by atoms with E-state index in [1.807, 2.05) is 38.1 Å². The zero-order valence-corrected chi connectivity index (χ0v) is 16.9. The molecule has 1 aliphatic rings. The summed E-state index contributed by atoms with van der Waals surface area (Å²) in [5, 5.41) is 6.23. The molecule has 0 unspecified atom stereocenters. The van der Waals surface area contributed by atoms with Gasteiger partial charge in [0.2, 0.25) is 5.96 Å². The van der Waals surface area contributed by atoms with Gasteiger partial charge in [-0.05, 0) is 68.0 Å². The lowest BCUT2D eigenvalue weighted by molar-refractivity contribution is 0.0975. The highest BCUT2D eigenvalue weighted by molar-refractivity contribution is 6.10. The zero-order chi connectivity index (χ0) is 19.9. The Balaban J connectivity index is 1.77. The van der Waals surface area contributed by atoms with E-state index < -0.39 is 0 Å². The van der Waals surface area contributed by atoms with Crippen LogP contribution in [0.3, 0.4) is 0 Å². The highest BCUT2D eigenvalue weighted by Crippen LogP contribution is 2.17. The molecule has 1 fully saturated rings. The summed E-state index contributed by atoms with van der Waals surface area (Å²) < 4.78 is 5.66. The maximum absolute atomic E-state index is 12.7. The normalized spacial score (nSPS) is 16.8. The molecule has 0 radical (unpaired) electrons. The molecular weight excluding hydrogens is 350 g/mol. The number of rotatable bonds is 5. The summed E-state index contributed by atoms with van der Waals surface area (Å²) in [7, 11) is 0. The largest absolute Gasteiger partial charge is 0.376 e. The SMILES string of the molecule is CCc1ccc(C(=O)NC(=NC[C@H]2CCCO2)Nc2cc(C)ccc2C)cc1. The van der Waals surface area contributed by atoms with Crippen molar-refractivity contribution in [1.82, 2.24) is 5.32 Å². The third-order valence-electron chi connectivity index (χ3n) is 4.98. The van der Waals surface area contributed by atoms with Crippen LogP contribution in [0, 0.1) is 13.8 Å². The van der Waals surface area contributed by atoms with Crippen molar-refractivity contribution in [3.63, 3.8) is 0 Å². The van der Waals surface area contributed by atoms with Crippen molar-refractivity contribution in [3.8, 4) is 0 Å². The second-order valence-electron chi connectivity index (χ2n) is 7.27. The Morgan fingerprint density at radius 3 is 2.64 bits per heavy atom. The standard InChI is InChI=1S/C23H29N3O2/c1-4-18-9-11-19(12-10-18)22(27)26-23(24-15-20-6-5-13-28-20)25-21-14-16(2)7-8-17(21)3/h7-12,14,20H,4-6,13,15H2,1-3H3,(H2,24,25,26,27)/t20-/m1/s1. The first kappa shape index (κ1) is 20.1. The van der Waals surface area contributed by atoms with Crippen molar-refractivity contribution in [2.45, 2.75) is 46.1 Å². The minimum Gasteiger partial charge on any atom is -0.376 e. The number of ether oxygens (including phenoxy) is 1. The van der Waals surface area contributed by atoms with Crippen LogP contribution in [0.5, 0.6) is 0 Å². The number of benzene rings is 2. The lowest BCUT2D eigenvalue weighted by atomic mass is 10.1. The molecule has 1 amide bonds. The number of anilines is 1. The number of nitrogens with one attached hydrogen (secondary N) is 2. The Bertz CT molecular complexity index is 837. The maximum Gasteiger partial charge on any atom is 0.257 e. The molecule has 2 aromatic rings. The van der Waals surface area contributed by atoms with Gasteiger partial charge in [0.15, 0.2) is 0 Å². The number of amides is 1. The highest BCUT2D eigenvalue weighted by Gasteiger charge is 2.16. The lowest BCUT2D eigenvalue weighted by Gasteiger charge is -2.15. The zero-order valence-electron chi connectivity index (χ0n) is 16.9.